The van der Waals surface area contributed by atoms with Crippen molar-refractivity contribution in [3.63, 3.8) is 0 Å². The van der Waals surface area contributed by atoms with E-state index in [9.17, 15) is 9.59 Å². The first kappa shape index (κ1) is 39.9. The van der Waals surface area contributed by atoms with Gasteiger partial charge in [0, 0.05) is 6.42 Å². The van der Waals surface area contributed by atoms with E-state index in [1.165, 1.54) is 109 Å². The smallest absolute Gasteiger partial charge is 0.309 e. The van der Waals surface area contributed by atoms with Crippen LogP contribution >= 0.6 is 0 Å². The number of hydrogen-bond donors (Lipinski definition) is 0. The zero-order valence-electron chi connectivity index (χ0n) is 28.6. The Kier molecular flexibility index (Phi) is 28.3. The lowest BCUT2D eigenvalue weighted by molar-refractivity contribution is -0.153. The van der Waals surface area contributed by atoms with Crippen molar-refractivity contribution in [2.75, 3.05) is 13.2 Å². The molecule has 0 aromatic heterocycles. The van der Waals surface area contributed by atoms with Crippen molar-refractivity contribution in [1.82, 2.24) is 0 Å². The van der Waals surface area contributed by atoms with Crippen molar-refractivity contribution in [1.29, 1.82) is 0 Å². The summed E-state index contributed by atoms with van der Waals surface area (Å²) in [5, 5.41) is 0. The number of carbonyl (C=O) groups is 2. The Morgan fingerprint density at radius 2 is 0.902 bits per heavy atom. The first-order valence-corrected chi connectivity index (χ1v) is 18.2. The average molecular weight is 581 g/mol. The second-order valence-corrected chi connectivity index (χ2v) is 13.3. The van der Waals surface area contributed by atoms with Gasteiger partial charge in [-0.05, 0) is 43.4 Å². The average Bonchev–Trinajstić information content (AvgIpc) is 2.93. The number of rotatable bonds is 30. The van der Waals surface area contributed by atoms with Gasteiger partial charge < -0.3 is 9.47 Å². The topological polar surface area (TPSA) is 52.6 Å². The van der Waals surface area contributed by atoms with Gasteiger partial charge in [0.05, 0.1) is 19.1 Å². The van der Waals surface area contributed by atoms with Crippen LogP contribution in [0.3, 0.4) is 0 Å². The van der Waals surface area contributed by atoms with Crippen LogP contribution in [0.2, 0.25) is 0 Å². The van der Waals surface area contributed by atoms with Crippen molar-refractivity contribution in [2.45, 2.75) is 189 Å². The summed E-state index contributed by atoms with van der Waals surface area (Å²) in [4.78, 5) is 24.8. The van der Waals surface area contributed by atoms with Crippen molar-refractivity contribution in [3.05, 3.63) is 0 Å². The summed E-state index contributed by atoms with van der Waals surface area (Å²) >= 11 is 0. The quantitative estimate of drug-likeness (QED) is 0.0626. The molecule has 0 rings (SSSR count). The van der Waals surface area contributed by atoms with E-state index < -0.39 is 0 Å². The maximum Gasteiger partial charge on any atom is 0.309 e. The van der Waals surface area contributed by atoms with Crippen molar-refractivity contribution in [3.8, 4) is 0 Å². The van der Waals surface area contributed by atoms with Gasteiger partial charge in [-0.3, -0.25) is 9.59 Å². The van der Waals surface area contributed by atoms with Crippen molar-refractivity contribution in [2.24, 2.45) is 23.7 Å². The van der Waals surface area contributed by atoms with Crippen LogP contribution in [0, 0.1) is 23.7 Å². The Morgan fingerprint density at radius 1 is 0.488 bits per heavy atom. The summed E-state index contributed by atoms with van der Waals surface area (Å²) in [7, 11) is 0. The van der Waals surface area contributed by atoms with E-state index in [0.29, 0.717) is 37.4 Å². The van der Waals surface area contributed by atoms with Crippen LogP contribution in [-0.2, 0) is 19.1 Å². The Bertz CT molecular complexity index is 585. The molecule has 2 unspecified atom stereocenters. The van der Waals surface area contributed by atoms with E-state index in [-0.39, 0.29) is 17.9 Å². The molecule has 0 N–H and O–H groups in total. The molecular formula is C37H72O4. The molecule has 0 aliphatic heterocycles. The molecule has 0 amide bonds. The number of carbonyl (C=O) groups excluding carboxylic acids is 2. The molecule has 0 heterocycles. The molecular weight excluding hydrogens is 508 g/mol. The fraction of sp³-hybridized carbons (Fsp3) is 0.946. The summed E-state index contributed by atoms with van der Waals surface area (Å²) in [5.74, 6) is 1.31. The highest BCUT2D eigenvalue weighted by Crippen LogP contribution is 2.33. The highest BCUT2D eigenvalue weighted by Gasteiger charge is 2.33. The van der Waals surface area contributed by atoms with E-state index in [1.54, 1.807) is 0 Å². The molecule has 2 atom stereocenters. The molecule has 0 aliphatic carbocycles. The molecule has 0 fully saturated rings. The maximum absolute atomic E-state index is 13.0. The first-order valence-electron chi connectivity index (χ1n) is 18.2. The monoisotopic (exact) mass is 581 g/mol. The van der Waals surface area contributed by atoms with Gasteiger partial charge in [-0.1, -0.05) is 157 Å². The summed E-state index contributed by atoms with van der Waals surface area (Å²) < 4.78 is 11.1. The predicted molar refractivity (Wildman–Crippen MR) is 176 cm³/mol. The van der Waals surface area contributed by atoms with E-state index in [4.69, 9.17) is 9.47 Å². The molecule has 4 nitrogen and oxygen atoms in total. The zero-order chi connectivity index (χ0) is 30.6. The molecule has 0 spiro atoms. The summed E-state index contributed by atoms with van der Waals surface area (Å²) in [6, 6.07) is 0. The molecule has 0 aromatic rings. The lowest BCUT2D eigenvalue weighted by Crippen LogP contribution is -2.33. The van der Waals surface area contributed by atoms with Crippen LogP contribution in [0.1, 0.15) is 189 Å². The molecule has 0 aliphatic rings. The summed E-state index contributed by atoms with van der Waals surface area (Å²) in [6.07, 6.45) is 27.4. The normalized spacial score (nSPS) is 13.1. The van der Waals surface area contributed by atoms with Gasteiger partial charge in [-0.25, -0.2) is 0 Å². The summed E-state index contributed by atoms with van der Waals surface area (Å²) in [6.45, 7) is 14.6. The highest BCUT2D eigenvalue weighted by molar-refractivity contribution is 5.73. The Labute approximate surface area is 256 Å². The minimum atomic E-state index is -0.00645. The number of esters is 2. The molecule has 4 heteroatoms. The van der Waals surface area contributed by atoms with Crippen LogP contribution < -0.4 is 0 Å². The van der Waals surface area contributed by atoms with Crippen molar-refractivity contribution >= 4 is 11.9 Å². The van der Waals surface area contributed by atoms with Gasteiger partial charge in [-0.2, -0.15) is 0 Å². The van der Waals surface area contributed by atoms with Crippen LogP contribution in [-0.4, -0.2) is 25.2 Å². The van der Waals surface area contributed by atoms with E-state index >= 15 is 0 Å². The molecule has 0 bridgehead atoms. The Hall–Kier alpha value is -1.06. The molecule has 0 saturated carbocycles. The van der Waals surface area contributed by atoms with E-state index in [2.05, 4.69) is 41.5 Å². The molecule has 0 aromatic carbocycles. The zero-order valence-corrected chi connectivity index (χ0v) is 28.6. The lowest BCUT2D eigenvalue weighted by atomic mass is 9.74. The fourth-order valence-corrected chi connectivity index (χ4v) is 6.05. The van der Waals surface area contributed by atoms with Gasteiger partial charge in [0.15, 0.2) is 0 Å². The molecule has 244 valence electrons. The Morgan fingerprint density at radius 3 is 1.37 bits per heavy atom. The largest absolute Gasteiger partial charge is 0.466 e. The van der Waals surface area contributed by atoms with Crippen LogP contribution in [0.5, 0.6) is 0 Å². The van der Waals surface area contributed by atoms with Crippen LogP contribution in [0.15, 0.2) is 0 Å². The highest BCUT2D eigenvalue weighted by atomic mass is 16.5. The minimum Gasteiger partial charge on any atom is -0.466 e. The van der Waals surface area contributed by atoms with Crippen LogP contribution in [0.25, 0.3) is 0 Å². The van der Waals surface area contributed by atoms with Gasteiger partial charge in [0.25, 0.3) is 0 Å². The maximum atomic E-state index is 13.0. The summed E-state index contributed by atoms with van der Waals surface area (Å²) in [5.41, 5.74) is 0. The first-order chi connectivity index (χ1) is 19.8. The van der Waals surface area contributed by atoms with E-state index in [1.807, 2.05) is 0 Å². The van der Waals surface area contributed by atoms with E-state index in [0.717, 1.165) is 32.1 Å². The molecule has 0 radical (unpaired) electrons. The third-order valence-electron chi connectivity index (χ3n) is 8.73. The number of hydrogen-bond acceptors (Lipinski definition) is 4. The number of ether oxygens (including phenoxy) is 2. The SMILES string of the molecule is CCCCCCCOC(=O)CCCCCCCCCCCCCC(C(C)C)C(C(=O)OCCCCCCC)C(C)C. The predicted octanol–water partition coefficient (Wildman–Crippen LogP) is 11.6. The van der Waals surface area contributed by atoms with Crippen molar-refractivity contribution < 1.29 is 19.1 Å². The molecule has 0 saturated heterocycles. The second kappa shape index (κ2) is 29.0. The third-order valence-corrected chi connectivity index (χ3v) is 8.73. The third kappa shape index (κ3) is 24.1. The Balaban J connectivity index is 3.85. The number of unbranched alkanes of at least 4 members (excludes halogenated alkanes) is 18. The van der Waals surface area contributed by atoms with Gasteiger partial charge in [0.2, 0.25) is 0 Å². The van der Waals surface area contributed by atoms with Gasteiger partial charge in [0.1, 0.15) is 0 Å². The second-order valence-electron chi connectivity index (χ2n) is 13.3. The minimum absolute atomic E-state index is 0.00645. The standard InChI is InChI=1S/C37H72O4/c1-7-9-11-22-26-30-40-35(38)29-25-21-19-17-15-13-14-16-18-20-24-28-34(32(3)4)36(33(5)6)37(39)41-31-27-23-12-10-8-2/h32-34,36H,7-31H2,1-6H3. The van der Waals surface area contributed by atoms with Gasteiger partial charge in [-0.15, -0.1) is 0 Å². The molecule has 41 heavy (non-hydrogen) atoms. The fourth-order valence-electron chi connectivity index (χ4n) is 6.05. The lowest BCUT2D eigenvalue weighted by Gasteiger charge is -2.31. The van der Waals surface area contributed by atoms with Crippen LogP contribution in [0.4, 0.5) is 0 Å². The van der Waals surface area contributed by atoms with Gasteiger partial charge >= 0.3 is 11.9 Å².